The summed E-state index contributed by atoms with van der Waals surface area (Å²) in [5.74, 6) is 0.267. The van der Waals surface area contributed by atoms with Gasteiger partial charge in [-0.3, -0.25) is 9.36 Å². The molecule has 2 saturated carbocycles. The van der Waals surface area contributed by atoms with Crippen LogP contribution in [0.15, 0.2) is 40.2 Å². The molecule has 3 aliphatic rings. The molecule has 3 heterocycles. The number of anilines is 2. The summed E-state index contributed by atoms with van der Waals surface area (Å²) in [6, 6.07) is 6.76. The van der Waals surface area contributed by atoms with E-state index in [-0.39, 0.29) is 21.6 Å². The summed E-state index contributed by atoms with van der Waals surface area (Å²) in [5.41, 5.74) is 0.550. The van der Waals surface area contributed by atoms with Gasteiger partial charge in [-0.1, -0.05) is 11.6 Å². The van der Waals surface area contributed by atoms with Crippen LogP contribution in [-0.4, -0.2) is 62.9 Å². The Balaban J connectivity index is 1.22. The zero-order chi connectivity index (χ0) is 30.0. The molecule has 0 radical (unpaired) electrons. The van der Waals surface area contributed by atoms with Gasteiger partial charge >= 0.3 is 0 Å². The summed E-state index contributed by atoms with van der Waals surface area (Å²) in [7, 11) is -3.43. The lowest BCUT2D eigenvalue weighted by atomic mass is 9.63. The molecule has 2 aromatic heterocycles. The fourth-order valence-corrected chi connectivity index (χ4v) is 9.63. The number of aryl methyl sites for hydroxylation is 1. The van der Waals surface area contributed by atoms with E-state index >= 15 is 0 Å². The van der Waals surface area contributed by atoms with Crippen LogP contribution >= 0.6 is 11.6 Å². The monoisotopic (exact) mass is 613 g/mol. The average Bonchev–Trinajstić information content (AvgIpc) is 3.27. The number of nitrogens with zero attached hydrogens (tertiary/aromatic N) is 4. The van der Waals surface area contributed by atoms with Gasteiger partial charge in [-0.15, -0.1) is 0 Å². The smallest absolute Gasteiger partial charge is 0.271 e. The molecule has 3 fully saturated rings. The van der Waals surface area contributed by atoms with Crippen molar-refractivity contribution in [2.75, 3.05) is 18.4 Å². The third-order valence-electron chi connectivity index (χ3n) is 10.0. The summed E-state index contributed by atoms with van der Waals surface area (Å²) in [6.45, 7) is 10.1. The Hall–Kier alpha value is -2.53. The zero-order valence-corrected chi connectivity index (χ0v) is 26.3. The summed E-state index contributed by atoms with van der Waals surface area (Å²) >= 11 is 6.27. The van der Waals surface area contributed by atoms with Gasteiger partial charge in [-0.05, 0) is 121 Å². The molecule has 42 heavy (non-hydrogen) atoms. The van der Waals surface area contributed by atoms with Crippen molar-refractivity contribution in [3.63, 3.8) is 0 Å². The van der Waals surface area contributed by atoms with Crippen molar-refractivity contribution in [2.45, 2.75) is 100 Å². The Kier molecular flexibility index (Phi) is 7.44. The van der Waals surface area contributed by atoms with Crippen LogP contribution in [0.25, 0.3) is 11.0 Å². The summed E-state index contributed by atoms with van der Waals surface area (Å²) in [6.07, 6.45) is 7.25. The number of nitrogens with one attached hydrogen (secondary N) is 1. The van der Waals surface area contributed by atoms with E-state index in [0.29, 0.717) is 40.5 Å². The van der Waals surface area contributed by atoms with Crippen LogP contribution in [-0.2, 0) is 9.84 Å². The van der Waals surface area contributed by atoms with Crippen molar-refractivity contribution in [2.24, 2.45) is 5.41 Å². The maximum Gasteiger partial charge on any atom is 0.271 e. The predicted molar refractivity (Wildman–Crippen MR) is 165 cm³/mol. The summed E-state index contributed by atoms with van der Waals surface area (Å²) in [4.78, 5) is 25.0. The van der Waals surface area contributed by atoms with Crippen molar-refractivity contribution in [1.29, 1.82) is 0 Å². The van der Waals surface area contributed by atoms with Gasteiger partial charge in [0.05, 0.1) is 21.8 Å². The minimum atomic E-state index is -3.43. The first-order chi connectivity index (χ1) is 19.8. The molecule has 226 valence electrons. The number of piperidine rings is 1. The highest BCUT2D eigenvalue weighted by molar-refractivity contribution is 7.92. The van der Waals surface area contributed by atoms with Crippen LogP contribution in [0.5, 0.6) is 0 Å². The van der Waals surface area contributed by atoms with E-state index < -0.39 is 27.0 Å². The molecule has 2 atom stereocenters. The van der Waals surface area contributed by atoms with Crippen LogP contribution < -0.4 is 10.9 Å². The van der Waals surface area contributed by atoms with E-state index in [1.807, 2.05) is 6.92 Å². The van der Waals surface area contributed by atoms with Crippen LogP contribution in [0.1, 0.15) is 77.3 Å². The Morgan fingerprint density at radius 3 is 2.48 bits per heavy atom. The number of rotatable bonds is 6. The third kappa shape index (κ3) is 5.14. The molecule has 2 N–H and O–H groups in total. The highest BCUT2D eigenvalue weighted by Gasteiger charge is 2.51. The van der Waals surface area contributed by atoms with Crippen LogP contribution in [0.3, 0.4) is 0 Å². The molecule has 9 nitrogen and oxygen atoms in total. The van der Waals surface area contributed by atoms with Crippen molar-refractivity contribution in [3.05, 3.63) is 51.4 Å². The Morgan fingerprint density at radius 1 is 1.14 bits per heavy atom. The number of benzene rings is 1. The van der Waals surface area contributed by atoms with Crippen LogP contribution in [0, 0.1) is 12.3 Å². The molecule has 1 unspecified atom stereocenters. The number of fused-ring (bicyclic) bond motifs is 1. The van der Waals surface area contributed by atoms with Crippen molar-refractivity contribution in [1.82, 2.24) is 19.4 Å². The average molecular weight is 614 g/mol. The van der Waals surface area contributed by atoms with Gasteiger partial charge in [0.15, 0.2) is 9.84 Å². The molecule has 2 aliphatic carbocycles. The van der Waals surface area contributed by atoms with Crippen molar-refractivity contribution >= 4 is 44.1 Å². The maximum atomic E-state index is 13.5. The maximum absolute atomic E-state index is 13.5. The summed E-state index contributed by atoms with van der Waals surface area (Å²) in [5, 5.41) is 14.5. The first kappa shape index (κ1) is 29.5. The number of halogens is 1. The number of hydrogen-bond donors (Lipinski definition) is 2. The number of pyridine rings is 1. The SMILES string of the molecule is Cc1cc(S(=O)(=O)C2CC3(CCN(C(C)C)CC3)C2)ccc1Nc1ncc2cc(Cl)c(=O)n(C3CCC[C@@]3(C)O)c2n1. The molecule has 11 heteroatoms. The number of hydrogen-bond acceptors (Lipinski definition) is 8. The van der Waals surface area contributed by atoms with Gasteiger partial charge in [-0.2, -0.15) is 4.98 Å². The molecule has 1 spiro atoms. The molecular formula is C31H40ClN5O4S. The van der Waals surface area contributed by atoms with Gasteiger partial charge in [0.25, 0.3) is 5.56 Å². The van der Waals surface area contributed by atoms with Crippen molar-refractivity contribution in [3.8, 4) is 0 Å². The topological polar surface area (TPSA) is 117 Å². The quantitative estimate of drug-likeness (QED) is 0.380. The zero-order valence-electron chi connectivity index (χ0n) is 24.7. The fraction of sp³-hybridized carbons (Fsp3) is 0.581. The lowest BCUT2D eigenvalue weighted by Gasteiger charge is -2.52. The van der Waals surface area contributed by atoms with E-state index in [4.69, 9.17) is 11.6 Å². The number of likely N-dealkylation sites (tertiary alicyclic amines) is 1. The standard InChI is InChI=1S/C31H40ClN5O4S/c1-19(2)36-12-10-31(11-13-36)16-23(17-31)42(40,41)22-7-8-25(20(3)14-22)34-29-33-18-21-15-24(32)28(38)37(27(21)35-29)26-6-5-9-30(26,4)39/h7-8,14-15,18-19,23,26,39H,5-6,9-13,16-17H2,1-4H3,(H,33,34,35)/t26?,30-/m1/s1. The predicted octanol–water partition coefficient (Wildman–Crippen LogP) is 5.40. The molecular weight excluding hydrogens is 574 g/mol. The second-order valence-electron chi connectivity index (χ2n) is 13.2. The molecule has 6 rings (SSSR count). The largest absolute Gasteiger partial charge is 0.388 e. The number of aliphatic hydroxyl groups is 1. The second-order valence-corrected chi connectivity index (χ2v) is 15.8. The first-order valence-electron chi connectivity index (χ1n) is 15.0. The molecule has 0 amide bonds. The minimum Gasteiger partial charge on any atom is -0.388 e. The van der Waals surface area contributed by atoms with E-state index in [1.165, 1.54) is 4.57 Å². The van der Waals surface area contributed by atoms with Gasteiger partial charge in [-0.25, -0.2) is 13.4 Å². The van der Waals surface area contributed by atoms with E-state index in [2.05, 4.69) is 34.0 Å². The van der Waals surface area contributed by atoms with Crippen LogP contribution in [0.2, 0.25) is 5.02 Å². The minimum absolute atomic E-state index is 0.0561. The normalized spacial score (nSPS) is 24.9. The lowest BCUT2D eigenvalue weighted by molar-refractivity contribution is 0.0246. The van der Waals surface area contributed by atoms with Crippen LogP contribution in [0.4, 0.5) is 11.6 Å². The number of sulfone groups is 1. The molecule has 3 aromatic rings. The molecule has 1 aromatic carbocycles. The van der Waals surface area contributed by atoms with E-state index in [0.717, 1.165) is 50.8 Å². The highest BCUT2D eigenvalue weighted by Crippen LogP contribution is 2.53. The molecule has 1 aliphatic heterocycles. The fourth-order valence-electron chi connectivity index (χ4n) is 7.29. The van der Waals surface area contributed by atoms with E-state index in [9.17, 15) is 18.3 Å². The lowest BCUT2D eigenvalue weighted by Crippen LogP contribution is -2.52. The molecule has 1 saturated heterocycles. The van der Waals surface area contributed by atoms with E-state index in [1.54, 1.807) is 37.4 Å². The van der Waals surface area contributed by atoms with Gasteiger partial charge in [0, 0.05) is 23.3 Å². The Morgan fingerprint density at radius 2 is 1.86 bits per heavy atom. The molecule has 0 bridgehead atoms. The first-order valence-corrected chi connectivity index (χ1v) is 16.9. The number of aromatic nitrogens is 3. The van der Waals surface area contributed by atoms with Gasteiger partial charge < -0.3 is 15.3 Å². The third-order valence-corrected chi connectivity index (χ3v) is 12.4. The van der Waals surface area contributed by atoms with Gasteiger partial charge in [0.2, 0.25) is 5.95 Å². The van der Waals surface area contributed by atoms with Crippen molar-refractivity contribution < 1.29 is 13.5 Å². The Bertz CT molecular complexity index is 1690. The van der Waals surface area contributed by atoms with Gasteiger partial charge in [0.1, 0.15) is 10.7 Å². The highest BCUT2D eigenvalue weighted by atomic mass is 35.5. The Labute approximate surface area is 252 Å². The summed E-state index contributed by atoms with van der Waals surface area (Å²) < 4.78 is 28.6. The second kappa shape index (κ2) is 10.6.